The number of carbonyl (C=O) groups is 2. The van der Waals surface area contributed by atoms with Crippen molar-refractivity contribution >= 4 is 27.5 Å². The predicted molar refractivity (Wildman–Crippen MR) is 276 cm³/mol. The Balaban J connectivity index is -0.0000163. The Kier molecular flexibility index (Phi) is 44.9. The van der Waals surface area contributed by atoms with Crippen molar-refractivity contribution in [1.29, 1.82) is 0 Å². The second kappa shape index (κ2) is 43.4. The maximum absolute atomic E-state index is 12.5. The normalized spacial score (nSPS) is 19.1. The molecule has 0 saturated carbocycles. The quantitative estimate of drug-likeness (QED) is 0.0191. The van der Waals surface area contributed by atoms with Gasteiger partial charge in [-0.25, -0.2) is 0 Å². The Morgan fingerprint density at radius 1 is 0.625 bits per heavy atom. The zero-order valence-electron chi connectivity index (χ0n) is 47.6. The summed E-state index contributed by atoms with van der Waals surface area (Å²) in [7, 11) is -2.38. The summed E-state index contributed by atoms with van der Waals surface area (Å²) in [4.78, 5) is 65.9. The molecule has 0 aromatic rings. The number of amides is 2. The molecule has 414 valence electrons. The van der Waals surface area contributed by atoms with Gasteiger partial charge in [-0.15, -0.1) is 0 Å². The van der Waals surface area contributed by atoms with E-state index in [-0.39, 0.29) is 85.4 Å². The number of likely N-dealkylation sites (N-methyl/N-ethyl adjacent to an activating group) is 2. The van der Waals surface area contributed by atoms with Gasteiger partial charge in [0.1, 0.15) is 25.3 Å². The van der Waals surface area contributed by atoms with Crippen LogP contribution >= 0.6 is 15.6 Å². The molecular weight excluding hydrogens is 981 g/mol. The van der Waals surface area contributed by atoms with E-state index in [9.17, 15) is 43.6 Å². The molecule has 2 amide bonds. The van der Waals surface area contributed by atoms with Gasteiger partial charge in [0.25, 0.3) is 7.82 Å². The Hall–Kier alpha value is 0.480. The number of quaternary nitrogens is 2. The maximum atomic E-state index is 12.5. The number of nitrogens with zero attached hydrogens (tertiary/aromatic N) is 2. The monoisotopic (exact) mass is 1080 g/mol. The average Bonchev–Trinajstić information content (AvgIpc) is 3.27. The van der Waals surface area contributed by atoms with Gasteiger partial charge in [0.15, 0.2) is 0 Å². The number of carbonyl (C=O) groups excluding carboxylic acids is 2. The van der Waals surface area contributed by atoms with E-state index in [0.29, 0.717) is 84.5 Å². The summed E-state index contributed by atoms with van der Waals surface area (Å²) in [5.74, 6) is 2.58. The van der Waals surface area contributed by atoms with Gasteiger partial charge in [-0.2, -0.15) is 0 Å². The standard InChI is InChI=1S/C52H102N4O12P2.2Na.H/c1-7-9-11-21-29-45-35-36-46(30-22-17-16-20-26-34-52(60)54-38-28-40-56(5,6)42-48(58)44-68-70(64,65)66)50(49(45)31-23-12-10-8-2)32-24-18-14-13-15-19-25-33-51(59)53-37-27-39-55(3,4)41-47(57)43-67-69(61,62)63;;;/h24,32,35-36,45-50,57-58H,7-23,25-31,33-34,37-44H2,1-6H3,(H4-2,53,54,59,60,61,62,63,64,65,66);;;/q;2*+1;-1/p-1/b32-24-;;;. The van der Waals surface area contributed by atoms with E-state index < -0.39 is 41.1 Å². The fourth-order valence-corrected chi connectivity index (χ4v) is 10.7. The molecule has 0 aromatic carbocycles. The van der Waals surface area contributed by atoms with Gasteiger partial charge in [-0.05, 0) is 68.6 Å². The molecule has 16 nitrogen and oxygen atoms in total. The van der Waals surface area contributed by atoms with Crippen molar-refractivity contribution in [2.24, 2.45) is 23.7 Å². The van der Waals surface area contributed by atoms with Crippen molar-refractivity contribution in [3.63, 3.8) is 0 Å². The summed E-state index contributed by atoms with van der Waals surface area (Å²) in [5.41, 5.74) is 0. The van der Waals surface area contributed by atoms with E-state index in [1.54, 1.807) is 0 Å². The second-order valence-electron chi connectivity index (χ2n) is 21.6. The summed E-state index contributed by atoms with van der Waals surface area (Å²) in [5, 5.41) is 26.1. The van der Waals surface area contributed by atoms with Crippen LogP contribution in [0.2, 0.25) is 0 Å². The number of aliphatic hydroxyl groups is 2. The van der Waals surface area contributed by atoms with Crippen LogP contribution in [-0.2, 0) is 27.8 Å². The predicted octanol–water partition coefficient (Wildman–Crippen LogP) is 1.31. The van der Waals surface area contributed by atoms with Crippen LogP contribution in [0.4, 0.5) is 0 Å². The number of rotatable bonds is 45. The topological polar surface area (TPSA) is 241 Å². The molecule has 5 N–H and O–H groups in total. The number of allylic oxidation sites excluding steroid dienone is 4. The summed E-state index contributed by atoms with van der Waals surface area (Å²) in [6.45, 7) is 6.40. The zero-order chi connectivity index (χ0) is 52.3. The fourth-order valence-electron chi connectivity index (χ4n) is 10.0. The minimum absolute atomic E-state index is 0. The molecule has 0 bridgehead atoms. The van der Waals surface area contributed by atoms with Crippen molar-refractivity contribution in [3.05, 3.63) is 24.3 Å². The van der Waals surface area contributed by atoms with E-state index in [1.807, 2.05) is 28.2 Å². The van der Waals surface area contributed by atoms with Crippen molar-refractivity contribution in [1.82, 2.24) is 10.6 Å². The van der Waals surface area contributed by atoms with Crippen molar-refractivity contribution in [2.75, 3.05) is 80.7 Å². The van der Waals surface area contributed by atoms with Gasteiger partial charge in [-0.1, -0.05) is 134 Å². The van der Waals surface area contributed by atoms with Crippen LogP contribution < -0.4 is 84.4 Å². The van der Waals surface area contributed by atoms with Gasteiger partial charge >= 0.3 is 59.1 Å². The van der Waals surface area contributed by atoms with Crippen LogP contribution in [0.3, 0.4) is 0 Å². The van der Waals surface area contributed by atoms with Crippen molar-refractivity contribution in [2.45, 2.75) is 193 Å². The first-order chi connectivity index (χ1) is 33.1. The Morgan fingerprint density at radius 2 is 1.04 bits per heavy atom. The fraction of sp³-hybridized carbons (Fsp3) is 0.885. The molecule has 0 saturated heterocycles. The second-order valence-corrected chi connectivity index (χ2v) is 23.9. The third-order valence-electron chi connectivity index (χ3n) is 13.8. The van der Waals surface area contributed by atoms with Gasteiger partial charge < -0.3 is 64.4 Å². The number of aliphatic hydroxyl groups excluding tert-OH is 2. The molecule has 7 unspecified atom stereocenters. The minimum Gasteiger partial charge on any atom is -1.00 e. The molecule has 1 aliphatic carbocycles. The SMILES string of the molecule is CCCCCCC1C=CC(CCCCCCCC(=O)NCCC[N+](C)(C)CC(O)COP(=O)([O-])O)C(/C=C\CCCCCCCC(=O)NCCC[N+](C)(C)CC(O)COP(=O)([O-])[O-])C1CCCCCC.[H-].[Na+].[Na+]. The molecule has 7 atom stereocenters. The third-order valence-corrected chi connectivity index (χ3v) is 14.7. The molecular formula is C52H102N4Na2O12P2. The van der Waals surface area contributed by atoms with E-state index in [1.165, 1.54) is 83.5 Å². The minimum atomic E-state index is -5.12. The van der Waals surface area contributed by atoms with Crippen LogP contribution in [0.25, 0.3) is 0 Å². The molecule has 0 heterocycles. The first-order valence-corrected chi connectivity index (χ1v) is 30.3. The summed E-state index contributed by atoms with van der Waals surface area (Å²) >= 11 is 0. The van der Waals surface area contributed by atoms with Crippen LogP contribution in [0.15, 0.2) is 24.3 Å². The summed E-state index contributed by atoms with van der Waals surface area (Å²) in [6.07, 6.45) is 36.5. The zero-order valence-corrected chi connectivity index (χ0v) is 52.4. The number of phosphoric ester groups is 2. The molecule has 72 heavy (non-hydrogen) atoms. The Bertz CT molecular complexity index is 1540. The van der Waals surface area contributed by atoms with Crippen LogP contribution in [0, 0.1) is 23.7 Å². The smallest absolute Gasteiger partial charge is 1.00 e. The number of hydrogen-bond donors (Lipinski definition) is 5. The molecule has 0 aromatic heterocycles. The summed E-state index contributed by atoms with van der Waals surface area (Å²) in [6, 6.07) is 0. The first kappa shape index (κ1) is 74.6. The van der Waals surface area contributed by atoms with E-state index >= 15 is 0 Å². The molecule has 0 fully saturated rings. The molecule has 0 spiro atoms. The summed E-state index contributed by atoms with van der Waals surface area (Å²) < 4.78 is 30.8. The molecule has 0 radical (unpaired) electrons. The number of unbranched alkanes of at least 4 members (excludes halogenated alkanes) is 15. The van der Waals surface area contributed by atoms with Crippen molar-refractivity contribution in [3.8, 4) is 0 Å². The number of nitrogens with one attached hydrogen (secondary N) is 2. The Morgan fingerprint density at radius 3 is 1.53 bits per heavy atom. The average molecular weight is 1080 g/mol. The third kappa shape index (κ3) is 42.5. The molecule has 0 aliphatic heterocycles. The molecule has 20 heteroatoms. The van der Waals surface area contributed by atoms with E-state index in [0.717, 1.165) is 57.8 Å². The van der Waals surface area contributed by atoms with Gasteiger partial charge in [0, 0.05) is 38.8 Å². The van der Waals surface area contributed by atoms with Gasteiger partial charge in [-0.3, -0.25) is 14.2 Å². The maximum Gasteiger partial charge on any atom is 1.00 e. The van der Waals surface area contributed by atoms with Gasteiger partial charge in [0.2, 0.25) is 11.8 Å². The largest absolute Gasteiger partial charge is 1.00 e. The number of phosphoric acid groups is 2. The first-order valence-electron chi connectivity index (χ1n) is 27.3. The van der Waals surface area contributed by atoms with Gasteiger partial charge in [0.05, 0.1) is 62.3 Å². The van der Waals surface area contributed by atoms with Crippen LogP contribution in [-0.4, -0.2) is 129 Å². The molecule has 1 rings (SSSR count). The van der Waals surface area contributed by atoms with Crippen LogP contribution in [0.1, 0.15) is 182 Å². The Labute approximate surface area is 483 Å². The van der Waals surface area contributed by atoms with Crippen molar-refractivity contribution < 1.29 is 127 Å². The molecule has 1 aliphatic rings. The van der Waals surface area contributed by atoms with E-state index in [2.05, 4.69) is 57.8 Å². The number of hydrogen-bond acceptors (Lipinski definition) is 11. The van der Waals surface area contributed by atoms with Crippen LogP contribution in [0.5, 0.6) is 0 Å². The van der Waals surface area contributed by atoms with E-state index in [4.69, 9.17) is 4.89 Å².